The van der Waals surface area contributed by atoms with Gasteiger partial charge in [-0.05, 0) is 24.8 Å². The van der Waals surface area contributed by atoms with Crippen LogP contribution in [0.25, 0.3) is 0 Å². The van der Waals surface area contributed by atoms with Crippen molar-refractivity contribution in [2.24, 2.45) is 5.92 Å². The monoisotopic (exact) mass is 265 g/mol. The number of aliphatic hydroxyl groups is 1. The lowest BCUT2D eigenvalue weighted by Crippen LogP contribution is -2.34. The van der Waals surface area contributed by atoms with Crippen LogP contribution in [0.5, 0.6) is 0 Å². The van der Waals surface area contributed by atoms with Gasteiger partial charge in [0.25, 0.3) is 5.69 Å². The first-order chi connectivity index (χ1) is 9.13. The van der Waals surface area contributed by atoms with Gasteiger partial charge in [0.15, 0.2) is 0 Å². The van der Waals surface area contributed by atoms with E-state index in [0.717, 1.165) is 37.3 Å². The standard InChI is InChI=1S/C13H19N3O3/c1-14-11-6-12(8-13(7-11)16(18)19)15-4-2-10(9-17)3-5-15/h6-8,10,14,17H,2-5,9H2,1H3. The predicted octanol–water partition coefficient (Wildman–Crippen LogP) is 1.85. The number of nitrogens with zero attached hydrogens (tertiary/aromatic N) is 2. The molecule has 0 amide bonds. The number of nitro benzene ring substituents is 1. The molecule has 0 bridgehead atoms. The average molecular weight is 265 g/mol. The van der Waals surface area contributed by atoms with Crippen LogP contribution in [0.4, 0.5) is 17.1 Å². The van der Waals surface area contributed by atoms with E-state index in [1.807, 2.05) is 6.07 Å². The van der Waals surface area contributed by atoms with Gasteiger partial charge >= 0.3 is 0 Å². The summed E-state index contributed by atoms with van der Waals surface area (Å²) in [6.45, 7) is 1.88. The second kappa shape index (κ2) is 5.88. The van der Waals surface area contributed by atoms with Crippen LogP contribution in [0, 0.1) is 16.0 Å². The van der Waals surface area contributed by atoms with Gasteiger partial charge in [-0.15, -0.1) is 0 Å². The van der Waals surface area contributed by atoms with Crippen molar-refractivity contribution in [1.29, 1.82) is 0 Å². The maximum Gasteiger partial charge on any atom is 0.273 e. The molecule has 0 aliphatic carbocycles. The quantitative estimate of drug-likeness (QED) is 0.641. The lowest BCUT2D eigenvalue weighted by Gasteiger charge is -2.33. The van der Waals surface area contributed by atoms with Crippen LogP contribution < -0.4 is 10.2 Å². The fourth-order valence-electron chi connectivity index (χ4n) is 2.40. The van der Waals surface area contributed by atoms with Gasteiger partial charge in [0.1, 0.15) is 0 Å². The molecule has 0 aromatic heterocycles. The zero-order chi connectivity index (χ0) is 13.8. The molecule has 19 heavy (non-hydrogen) atoms. The number of nitrogens with one attached hydrogen (secondary N) is 1. The third-order valence-electron chi connectivity index (χ3n) is 3.64. The summed E-state index contributed by atoms with van der Waals surface area (Å²) in [5, 5.41) is 23.0. The number of rotatable bonds is 4. The number of hydrogen-bond donors (Lipinski definition) is 2. The van der Waals surface area contributed by atoms with Gasteiger partial charge in [-0.2, -0.15) is 0 Å². The van der Waals surface area contributed by atoms with Crippen LogP contribution in [-0.2, 0) is 0 Å². The average Bonchev–Trinajstić information content (AvgIpc) is 2.46. The number of benzene rings is 1. The molecule has 0 radical (unpaired) electrons. The minimum absolute atomic E-state index is 0.103. The minimum atomic E-state index is -0.370. The molecule has 2 rings (SSSR count). The Bertz CT molecular complexity index is 456. The summed E-state index contributed by atoms with van der Waals surface area (Å²) in [6.07, 6.45) is 1.85. The Labute approximate surface area is 112 Å². The van der Waals surface area contributed by atoms with Crippen molar-refractivity contribution in [3.8, 4) is 0 Å². The normalized spacial score (nSPS) is 16.4. The molecule has 6 nitrogen and oxygen atoms in total. The van der Waals surface area contributed by atoms with Gasteiger partial charge in [-0.25, -0.2) is 0 Å². The zero-order valence-electron chi connectivity index (χ0n) is 11.0. The number of piperidine rings is 1. The summed E-state index contributed by atoms with van der Waals surface area (Å²) >= 11 is 0. The van der Waals surface area contributed by atoms with E-state index < -0.39 is 0 Å². The summed E-state index contributed by atoms with van der Waals surface area (Å²) in [4.78, 5) is 12.7. The van der Waals surface area contributed by atoms with E-state index in [2.05, 4.69) is 10.2 Å². The number of anilines is 2. The molecular weight excluding hydrogens is 246 g/mol. The Kier molecular flexibility index (Phi) is 4.21. The van der Waals surface area contributed by atoms with E-state index in [9.17, 15) is 10.1 Å². The first kappa shape index (κ1) is 13.6. The van der Waals surface area contributed by atoms with E-state index in [-0.39, 0.29) is 17.2 Å². The van der Waals surface area contributed by atoms with Crippen molar-refractivity contribution < 1.29 is 10.0 Å². The van der Waals surface area contributed by atoms with E-state index in [0.29, 0.717) is 5.92 Å². The van der Waals surface area contributed by atoms with Crippen LogP contribution in [0.15, 0.2) is 18.2 Å². The topological polar surface area (TPSA) is 78.6 Å². The molecule has 104 valence electrons. The van der Waals surface area contributed by atoms with Crippen molar-refractivity contribution in [2.45, 2.75) is 12.8 Å². The predicted molar refractivity (Wildman–Crippen MR) is 74.7 cm³/mol. The Morgan fingerprint density at radius 1 is 1.42 bits per heavy atom. The second-order valence-corrected chi connectivity index (χ2v) is 4.86. The van der Waals surface area contributed by atoms with E-state index in [1.165, 1.54) is 6.07 Å². The lowest BCUT2D eigenvalue weighted by atomic mass is 9.97. The van der Waals surface area contributed by atoms with E-state index >= 15 is 0 Å². The Morgan fingerprint density at radius 3 is 2.63 bits per heavy atom. The SMILES string of the molecule is CNc1cc(N2CCC(CO)CC2)cc([N+](=O)[O-])c1. The van der Waals surface area contributed by atoms with Crippen LogP contribution in [0.1, 0.15) is 12.8 Å². The minimum Gasteiger partial charge on any atom is -0.396 e. The molecule has 1 aliphatic heterocycles. The molecule has 2 N–H and O–H groups in total. The Balaban J connectivity index is 2.20. The molecule has 1 aromatic rings. The number of non-ortho nitro benzene ring substituents is 1. The first-order valence-electron chi connectivity index (χ1n) is 6.47. The lowest BCUT2D eigenvalue weighted by molar-refractivity contribution is -0.384. The summed E-state index contributed by atoms with van der Waals surface area (Å²) < 4.78 is 0. The third-order valence-corrected chi connectivity index (χ3v) is 3.64. The number of nitro groups is 1. The molecule has 1 fully saturated rings. The highest BCUT2D eigenvalue weighted by Crippen LogP contribution is 2.29. The van der Waals surface area contributed by atoms with Crippen molar-refractivity contribution in [3.05, 3.63) is 28.3 Å². The van der Waals surface area contributed by atoms with Crippen LogP contribution in [-0.4, -0.2) is 36.8 Å². The first-order valence-corrected chi connectivity index (χ1v) is 6.47. The molecule has 1 aliphatic rings. The second-order valence-electron chi connectivity index (χ2n) is 4.86. The maximum atomic E-state index is 10.9. The summed E-state index contributed by atoms with van der Waals surface area (Å²) in [7, 11) is 1.75. The van der Waals surface area contributed by atoms with Gasteiger partial charge < -0.3 is 15.3 Å². The van der Waals surface area contributed by atoms with Crippen LogP contribution in [0.2, 0.25) is 0 Å². The molecular formula is C13H19N3O3. The summed E-state index contributed by atoms with van der Waals surface area (Å²) in [5.74, 6) is 0.360. The molecule has 6 heteroatoms. The molecule has 1 saturated heterocycles. The van der Waals surface area contributed by atoms with Gasteiger partial charge in [0.2, 0.25) is 0 Å². The molecule has 1 heterocycles. The zero-order valence-corrected chi connectivity index (χ0v) is 11.0. The van der Waals surface area contributed by atoms with Gasteiger partial charge in [-0.1, -0.05) is 0 Å². The maximum absolute atomic E-state index is 10.9. The van der Waals surface area contributed by atoms with Crippen molar-refractivity contribution in [2.75, 3.05) is 37.0 Å². The fourth-order valence-corrected chi connectivity index (χ4v) is 2.40. The summed E-state index contributed by atoms with van der Waals surface area (Å²) in [6, 6.07) is 5.07. The largest absolute Gasteiger partial charge is 0.396 e. The van der Waals surface area contributed by atoms with E-state index in [4.69, 9.17) is 5.11 Å². The Hall–Kier alpha value is -1.82. The van der Waals surface area contributed by atoms with Crippen LogP contribution >= 0.6 is 0 Å². The van der Waals surface area contributed by atoms with E-state index in [1.54, 1.807) is 13.1 Å². The fraction of sp³-hybridized carbons (Fsp3) is 0.538. The highest BCUT2D eigenvalue weighted by Gasteiger charge is 2.20. The highest BCUT2D eigenvalue weighted by molar-refractivity contribution is 5.64. The molecule has 0 spiro atoms. The van der Waals surface area contributed by atoms with Crippen molar-refractivity contribution >= 4 is 17.1 Å². The Morgan fingerprint density at radius 2 is 2.11 bits per heavy atom. The molecule has 0 saturated carbocycles. The van der Waals surface area contributed by atoms with Crippen molar-refractivity contribution in [1.82, 2.24) is 0 Å². The third kappa shape index (κ3) is 3.14. The van der Waals surface area contributed by atoms with Gasteiger partial charge in [0, 0.05) is 50.3 Å². The molecule has 0 atom stereocenters. The molecule has 1 aromatic carbocycles. The number of hydrogen-bond acceptors (Lipinski definition) is 5. The highest BCUT2D eigenvalue weighted by atomic mass is 16.6. The van der Waals surface area contributed by atoms with Crippen LogP contribution in [0.3, 0.4) is 0 Å². The van der Waals surface area contributed by atoms with Gasteiger partial charge in [-0.3, -0.25) is 10.1 Å². The smallest absolute Gasteiger partial charge is 0.273 e. The van der Waals surface area contributed by atoms with Gasteiger partial charge in [0.05, 0.1) is 4.92 Å². The molecule has 0 unspecified atom stereocenters. The van der Waals surface area contributed by atoms with Crippen molar-refractivity contribution in [3.63, 3.8) is 0 Å². The summed E-state index contributed by atoms with van der Waals surface area (Å²) in [5.41, 5.74) is 1.72. The number of aliphatic hydroxyl groups excluding tert-OH is 1.